The van der Waals surface area contributed by atoms with Crippen LogP contribution in [0.1, 0.15) is 33.3 Å². The summed E-state index contributed by atoms with van der Waals surface area (Å²) in [6, 6.07) is 9.22. The van der Waals surface area contributed by atoms with Crippen molar-refractivity contribution in [3.05, 3.63) is 35.9 Å². The standard InChI is InChI=1S/C12H14N2O4.C9H18N2O3/c15-9-13-6-11(16)14-7-12(17)18-8-10-4-2-1-3-5-10;1-5-10-7(12)6-11-8(13)14-9(2,3)4/h1-5,9H,6-8H2,(H,13,15)(H,14,16);5-6H2,1-4H3,(H,10,12)(H,11,13). The molecule has 11 heteroatoms. The van der Waals surface area contributed by atoms with Gasteiger partial charge in [0.1, 0.15) is 18.8 Å². The number of nitrogens with one attached hydrogen (secondary N) is 4. The molecular weight excluding hydrogens is 420 g/mol. The van der Waals surface area contributed by atoms with Gasteiger partial charge in [0.2, 0.25) is 18.2 Å². The van der Waals surface area contributed by atoms with E-state index in [9.17, 15) is 24.0 Å². The van der Waals surface area contributed by atoms with Crippen LogP contribution in [0.3, 0.4) is 0 Å². The average Bonchev–Trinajstić information content (AvgIpc) is 2.73. The maximum Gasteiger partial charge on any atom is 0.408 e. The van der Waals surface area contributed by atoms with Crippen molar-refractivity contribution in [3.63, 3.8) is 0 Å². The summed E-state index contributed by atoms with van der Waals surface area (Å²) in [5.41, 5.74) is 0.338. The zero-order valence-electron chi connectivity index (χ0n) is 18.9. The van der Waals surface area contributed by atoms with Gasteiger partial charge in [0.15, 0.2) is 0 Å². The predicted octanol–water partition coefficient (Wildman–Crippen LogP) is 0.239. The fraction of sp³-hybridized carbons (Fsp3) is 0.476. The fourth-order valence-corrected chi connectivity index (χ4v) is 1.88. The van der Waals surface area contributed by atoms with Gasteiger partial charge < -0.3 is 30.7 Å². The minimum absolute atomic E-state index is 0.0528. The summed E-state index contributed by atoms with van der Waals surface area (Å²) in [5, 5.41) is 9.41. The molecule has 0 aliphatic heterocycles. The van der Waals surface area contributed by atoms with E-state index >= 15 is 0 Å². The van der Waals surface area contributed by atoms with E-state index in [1.165, 1.54) is 0 Å². The molecule has 0 aliphatic rings. The number of hydrogen-bond donors (Lipinski definition) is 4. The summed E-state index contributed by atoms with van der Waals surface area (Å²) in [5.74, 6) is -1.20. The number of alkyl carbamates (subject to hydrolysis) is 1. The second-order valence-corrected chi connectivity index (χ2v) is 7.23. The van der Waals surface area contributed by atoms with Crippen molar-refractivity contribution in [2.45, 2.75) is 39.9 Å². The Balaban J connectivity index is 0.000000622. The third-order valence-corrected chi connectivity index (χ3v) is 3.18. The molecule has 0 saturated heterocycles. The number of esters is 1. The van der Waals surface area contributed by atoms with Crippen LogP contribution in [0.25, 0.3) is 0 Å². The first-order chi connectivity index (χ1) is 15.1. The molecule has 4 N–H and O–H groups in total. The first-order valence-electron chi connectivity index (χ1n) is 9.94. The molecule has 0 unspecified atom stereocenters. The van der Waals surface area contributed by atoms with Crippen LogP contribution < -0.4 is 21.3 Å². The van der Waals surface area contributed by atoms with Gasteiger partial charge in [-0.25, -0.2) is 4.79 Å². The number of ether oxygens (including phenoxy) is 2. The molecule has 0 heterocycles. The highest BCUT2D eigenvalue weighted by atomic mass is 16.6. The SMILES string of the molecule is CCNC(=O)CNC(=O)OC(C)(C)C.O=CNCC(=O)NCC(=O)OCc1ccccc1. The minimum atomic E-state index is -0.580. The lowest BCUT2D eigenvalue weighted by molar-refractivity contribution is -0.145. The molecule has 178 valence electrons. The average molecular weight is 453 g/mol. The van der Waals surface area contributed by atoms with Crippen molar-refractivity contribution in [1.82, 2.24) is 21.3 Å². The van der Waals surface area contributed by atoms with Crippen LogP contribution in [0.5, 0.6) is 0 Å². The van der Waals surface area contributed by atoms with E-state index in [-0.39, 0.29) is 32.1 Å². The Morgan fingerprint density at radius 2 is 1.53 bits per heavy atom. The highest BCUT2D eigenvalue weighted by molar-refractivity contribution is 5.84. The third-order valence-electron chi connectivity index (χ3n) is 3.18. The van der Waals surface area contributed by atoms with Crippen molar-refractivity contribution >= 4 is 30.3 Å². The maximum absolute atomic E-state index is 11.3. The first-order valence-corrected chi connectivity index (χ1v) is 9.94. The Bertz CT molecular complexity index is 733. The van der Waals surface area contributed by atoms with Crippen LogP contribution in [0.2, 0.25) is 0 Å². The fourth-order valence-electron chi connectivity index (χ4n) is 1.88. The molecular formula is C21H32N4O7. The van der Waals surface area contributed by atoms with Crippen molar-refractivity contribution in [1.29, 1.82) is 0 Å². The van der Waals surface area contributed by atoms with E-state index in [0.29, 0.717) is 13.0 Å². The summed E-state index contributed by atoms with van der Waals surface area (Å²) in [6.07, 6.45) is -0.170. The van der Waals surface area contributed by atoms with Gasteiger partial charge in [-0.15, -0.1) is 0 Å². The molecule has 1 rings (SSSR count). The van der Waals surface area contributed by atoms with E-state index in [2.05, 4.69) is 21.3 Å². The monoisotopic (exact) mass is 452 g/mol. The molecule has 1 aromatic rings. The molecule has 32 heavy (non-hydrogen) atoms. The quantitative estimate of drug-likeness (QED) is 0.293. The van der Waals surface area contributed by atoms with Gasteiger partial charge in [0.25, 0.3) is 0 Å². The molecule has 0 saturated carbocycles. The Labute approximate surface area is 187 Å². The third kappa shape index (κ3) is 17.2. The van der Waals surface area contributed by atoms with E-state index < -0.39 is 23.6 Å². The summed E-state index contributed by atoms with van der Waals surface area (Å²) in [4.78, 5) is 54.2. The zero-order valence-corrected chi connectivity index (χ0v) is 18.9. The number of amides is 4. The number of hydrogen-bond acceptors (Lipinski definition) is 7. The Kier molecular flexibility index (Phi) is 14.3. The largest absolute Gasteiger partial charge is 0.460 e. The molecule has 0 fully saturated rings. The van der Waals surface area contributed by atoms with Crippen LogP contribution in [0.4, 0.5) is 4.79 Å². The molecule has 0 bridgehead atoms. The van der Waals surface area contributed by atoms with Crippen molar-refractivity contribution < 1.29 is 33.4 Å². The highest BCUT2D eigenvalue weighted by Gasteiger charge is 2.16. The van der Waals surface area contributed by atoms with Crippen LogP contribution in [0, 0.1) is 0 Å². The van der Waals surface area contributed by atoms with Crippen LogP contribution in [0.15, 0.2) is 30.3 Å². The lowest BCUT2D eigenvalue weighted by Crippen LogP contribution is -2.39. The normalized spacial score (nSPS) is 9.88. The molecule has 4 amide bonds. The second-order valence-electron chi connectivity index (χ2n) is 7.23. The Morgan fingerprint density at radius 3 is 2.09 bits per heavy atom. The van der Waals surface area contributed by atoms with Crippen molar-refractivity contribution in [2.75, 3.05) is 26.2 Å². The van der Waals surface area contributed by atoms with E-state index in [4.69, 9.17) is 9.47 Å². The lowest BCUT2D eigenvalue weighted by atomic mass is 10.2. The van der Waals surface area contributed by atoms with Gasteiger partial charge in [-0.2, -0.15) is 0 Å². The molecule has 11 nitrogen and oxygen atoms in total. The number of rotatable bonds is 10. The predicted molar refractivity (Wildman–Crippen MR) is 116 cm³/mol. The zero-order chi connectivity index (χ0) is 24.4. The van der Waals surface area contributed by atoms with E-state index in [0.717, 1.165) is 5.56 Å². The highest BCUT2D eigenvalue weighted by Crippen LogP contribution is 2.06. The van der Waals surface area contributed by atoms with Gasteiger partial charge in [0.05, 0.1) is 13.1 Å². The maximum atomic E-state index is 11.3. The lowest BCUT2D eigenvalue weighted by Gasteiger charge is -2.19. The van der Waals surface area contributed by atoms with Gasteiger partial charge in [-0.3, -0.25) is 19.2 Å². The van der Waals surface area contributed by atoms with Gasteiger partial charge >= 0.3 is 12.1 Å². The molecule has 0 spiro atoms. The number of carbonyl (C=O) groups is 5. The van der Waals surface area contributed by atoms with Crippen LogP contribution in [-0.2, 0) is 35.3 Å². The van der Waals surface area contributed by atoms with Gasteiger partial charge in [-0.1, -0.05) is 30.3 Å². The molecule has 0 aromatic heterocycles. The Morgan fingerprint density at radius 1 is 0.906 bits per heavy atom. The summed E-state index contributed by atoms with van der Waals surface area (Å²) >= 11 is 0. The minimum Gasteiger partial charge on any atom is -0.460 e. The number of benzene rings is 1. The number of carbonyl (C=O) groups excluding carboxylic acids is 5. The van der Waals surface area contributed by atoms with E-state index in [1.54, 1.807) is 20.8 Å². The summed E-state index contributed by atoms with van der Waals surface area (Å²) < 4.78 is 9.88. The first kappa shape index (κ1) is 28.4. The molecule has 1 aromatic carbocycles. The molecule has 0 atom stereocenters. The molecule has 0 radical (unpaired) electrons. The number of likely N-dealkylation sites (N-methyl/N-ethyl adjacent to an activating group) is 1. The summed E-state index contributed by atoms with van der Waals surface area (Å²) in [6.45, 7) is 7.39. The van der Waals surface area contributed by atoms with Crippen molar-refractivity contribution in [3.8, 4) is 0 Å². The van der Waals surface area contributed by atoms with Crippen molar-refractivity contribution in [2.24, 2.45) is 0 Å². The Hall–Kier alpha value is -3.63. The van der Waals surface area contributed by atoms with Gasteiger partial charge in [0, 0.05) is 6.54 Å². The second kappa shape index (κ2) is 16.1. The smallest absolute Gasteiger partial charge is 0.408 e. The summed E-state index contributed by atoms with van der Waals surface area (Å²) in [7, 11) is 0. The van der Waals surface area contributed by atoms with Crippen LogP contribution in [-0.4, -0.2) is 62.1 Å². The topological polar surface area (TPSA) is 152 Å². The van der Waals surface area contributed by atoms with E-state index in [1.807, 2.05) is 37.3 Å². The molecule has 0 aliphatic carbocycles. The van der Waals surface area contributed by atoms with Crippen LogP contribution >= 0.6 is 0 Å². The van der Waals surface area contributed by atoms with Gasteiger partial charge in [-0.05, 0) is 33.3 Å².